The monoisotopic (exact) mass is 251 g/mol. The number of hydrogen-bond donors (Lipinski definition) is 3. The van der Waals surface area contributed by atoms with Crippen molar-refractivity contribution in [1.29, 1.82) is 0 Å². The van der Waals surface area contributed by atoms with Crippen LogP contribution in [0.4, 0.5) is 0 Å². The number of para-hydroxylation sites is 1. The quantitative estimate of drug-likeness (QED) is 0.700. The third-order valence-corrected chi connectivity index (χ3v) is 2.48. The number of hydrogen-bond acceptors (Lipinski definition) is 4. The molecule has 18 heavy (non-hydrogen) atoms. The maximum absolute atomic E-state index is 11.7. The van der Waals surface area contributed by atoms with Gasteiger partial charge in [0.25, 0.3) is 11.6 Å². The third-order valence-electron chi connectivity index (χ3n) is 2.48. The molecule has 1 atom stereocenters. The van der Waals surface area contributed by atoms with E-state index in [4.69, 9.17) is 14.9 Å². The molecule has 0 radical (unpaired) electrons. The Bertz CT molecular complexity index is 540. The van der Waals surface area contributed by atoms with Crippen molar-refractivity contribution < 1.29 is 29.3 Å². The maximum Gasteiger partial charge on any atom is 0.370 e. The molecule has 1 aliphatic rings. The molecule has 0 spiro atoms. The molecule has 1 amide bonds. The van der Waals surface area contributed by atoms with Gasteiger partial charge in [0, 0.05) is 0 Å². The van der Waals surface area contributed by atoms with Crippen LogP contribution in [0.15, 0.2) is 24.3 Å². The molecule has 0 saturated heterocycles. The van der Waals surface area contributed by atoms with Gasteiger partial charge in [-0.25, -0.2) is 4.79 Å². The van der Waals surface area contributed by atoms with E-state index in [0.29, 0.717) is 0 Å². The molecule has 0 fully saturated rings. The van der Waals surface area contributed by atoms with Gasteiger partial charge in [0.2, 0.25) is 0 Å². The number of carboxylic acids is 2. The summed E-state index contributed by atoms with van der Waals surface area (Å²) in [5, 5.41) is 19.9. The van der Waals surface area contributed by atoms with E-state index in [1.54, 1.807) is 12.1 Å². The van der Waals surface area contributed by atoms with Crippen molar-refractivity contribution in [2.24, 2.45) is 0 Å². The third kappa shape index (κ3) is 1.86. The Labute approximate surface area is 101 Å². The topological polar surface area (TPSA) is 113 Å². The van der Waals surface area contributed by atoms with Crippen molar-refractivity contribution in [1.82, 2.24) is 5.32 Å². The van der Waals surface area contributed by atoms with Gasteiger partial charge in [0.15, 0.2) is 0 Å². The second kappa shape index (κ2) is 4.02. The number of ether oxygens (including phenoxy) is 1. The average molecular weight is 251 g/mol. The summed E-state index contributed by atoms with van der Waals surface area (Å²) in [5.74, 6) is -3.59. The van der Waals surface area contributed by atoms with Gasteiger partial charge in [-0.2, -0.15) is 0 Å². The minimum absolute atomic E-state index is 0.0462. The Morgan fingerprint density at radius 1 is 1.28 bits per heavy atom. The van der Waals surface area contributed by atoms with Crippen LogP contribution in [-0.4, -0.2) is 33.8 Å². The highest BCUT2D eigenvalue weighted by molar-refractivity contribution is 6.02. The predicted octanol–water partition coefficient (Wildman–Crippen LogP) is 0.0644. The molecule has 1 heterocycles. The predicted molar refractivity (Wildman–Crippen MR) is 57.2 cm³/mol. The summed E-state index contributed by atoms with van der Waals surface area (Å²) in [5.41, 5.74) is -2.10. The van der Waals surface area contributed by atoms with Crippen molar-refractivity contribution in [2.45, 2.75) is 12.1 Å². The summed E-state index contributed by atoms with van der Waals surface area (Å²) in [6, 6.07) is 6.02. The second-order valence-corrected chi connectivity index (χ2v) is 3.76. The van der Waals surface area contributed by atoms with Crippen LogP contribution in [0.1, 0.15) is 16.8 Å². The highest BCUT2D eigenvalue weighted by Crippen LogP contribution is 2.29. The van der Waals surface area contributed by atoms with Crippen LogP contribution in [-0.2, 0) is 9.59 Å². The molecule has 0 bridgehead atoms. The number of benzene rings is 1. The molecule has 7 heteroatoms. The Kier molecular flexibility index (Phi) is 2.66. The van der Waals surface area contributed by atoms with Gasteiger partial charge in [-0.3, -0.25) is 9.59 Å². The number of carboxylic acid groups (broad SMARTS) is 2. The van der Waals surface area contributed by atoms with Gasteiger partial charge in [-0.1, -0.05) is 12.1 Å². The fraction of sp³-hybridized carbons (Fsp3) is 0.182. The van der Waals surface area contributed by atoms with E-state index in [9.17, 15) is 14.4 Å². The summed E-state index contributed by atoms with van der Waals surface area (Å²) >= 11 is 0. The molecule has 1 aliphatic heterocycles. The summed E-state index contributed by atoms with van der Waals surface area (Å²) in [4.78, 5) is 33.6. The number of nitrogens with one attached hydrogen (secondary N) is 1. The summed E-state index contributed by atoms with van der Waals surface area (Å²) in [6.07, 6.45) is -0.873. The molecule has 1 aromatic rings. The molecule has 1 aromatic carbocycles. The van der Waals surface area contributed by atoms with Crippen LogP contribution in [0.2, 0.25) is 0 Å². The Hall–Kier alpha value is -2.57. The molecule has 94 valence electrons. The lowest BCUT2D eigenvalue weighted by atomic mass is 10.0. The maximum atomic E-state index is 11.7. The first-order valence-electron chi connectivity index (χ1n) is 5.00. The molecule has 3 N–H and O–H groups in total. The van der Waals surface area contributed by atoms with Crippen LogP contribution in [0, 0.1) is 0 Å². The standard InChI is InChI=1S/C11H9NO6/c13-8(14)5-11(10(16)17)12-9(15)6-3-1-2-4-7(6)18-11/h1-4H,5H2,(H,12,15)(H,13,14)(H,16,17). The molecule has 0 aliphatic carbocycles. The van der Waals surface area contributed by atoms with Crippen LogP contribution >= 0.6 is 0 Å². The van der Waals surface area contributed by atoms with E-state index in [2.05, 4.69) is 5.32 Å². The molecular formula is C11H9NO6. The number of rotatable bonds is 3. The van der Waals surface area contributed by atoms with E-state index in [1.165, 1.54) is 12.1 Å². The first kappa shape index (κ1) is 11.9. The Morgan fingerprint density at radius 3 is 2.56 bits per heavy atom. The van der Waals surface area contributed by atoms with E-state index in [-0.39, 0.29) is 11.3 Å². The lowest BCUT2D eigenvalue weighted by Crippen LogP contribution is -2.62. The second-order valence-electron chi connectivity index (χ2n) is 3.76. The highest BCUT2D eigenvalue weighted by Gasteiger charge is 2.48. The number of aliphatic carboxylic acids is 2. The summed E-state index contributed by atoms with van der Waals surface area (Å²) in [6.45, 7) is 0. The van der Waals surface area contributed by atoms with Gasteiger partial charge in [-0.15, -0.1) is 0 Å². The van der Waals surface area contributed by atoms with Gasteiger partial charge >= 0.3 is 11.9 Å². The lowest BCUT2D eigenvalue weighted by molar-refractivity contribution is -0.165. The van der Waals surface area contributed by atoms with Gasteiger partial charge < -0.3 is 20.3 Å². The Morgan fingerprint density at radius 2 is 1.94 bits per heavy atom. The largest absolute Gasteiger partial charge is 0.481 e. The first-order chi connectivity index (χ1) is 8.44. The summed E-state index contributed by atoms with van der Waals surface area (Å²) in [7, 11) is 0. The normalized spacial score (nSPS) is 21.4. The minimum atomic E-state index is -2.27. The summed E-state index contributed by atoms with van der Waals surface area (Å²) < 4.78 is 5.15. The lowest BCUT2D eigenvalue weighted by Gasteiger charge is -2.34. The van der Waals surface area contributed by atoms with Crippen molar-refractivity contribution in [3.05, 3.63) is 29.8 Å². The Balaban J connectivity index is 2.46. The number of amides is 1. The van der Waals surface area contributed by atoms with Crippen LogP contribution in [0.3, 0.4) is 0 Å². The zero-order valence-electron chi connectivity index (χ0n) is 9.04. The number of carbonyl (C=O) groups is 3. The zero-order valence-corrected chi connectivity index (χ0v) is 9.04. The van der Waals surface area contributed by atoms with Crippen LogP contribution < -0.4 is 10.1 Å². The van der Waals surface area contributed by atoms with Gasteiger partial charge in [0.05, 0.1) is 5.56 Å². The van der Waals surface area contributed by atoms with Crippen molar-refractivity contribution in [3.63, 3.8) is 0 Å². The number of fused-ring (bicyclic) bond motifs is 1. The minimum Gasteiger partial charge on any atom is -0.481 e. The van der Waals surface area contributed by atoms with Gasteiger partial charge in [0.1, 0.15) is 12.2 Å². The highest BCUT2D eigenvalue weighted by atomic mass is 16.5. The van der Waals surface area contributed by atoms with E-state index >= 15 is 0 Å². The first-order valence-corrected chi connectivity index (χ1v) is 5.00. The SMILES string of the molecule is O=C(O)CC1(C(=O)O)NC(=O)c2ccccc2O1. The van der Waals surface area contributed by atoms with E-state index in [1.807, 2.05) is 0 Å². The molecular weight excluding hydrogens is 242 g/mol. The van der Waals surface area contributed by atoms with Crippen molar-refractivity contribution in [2.75, 3.05) is 0 Å². The van der Waals surface area contributed by atoms with E-state index < -0.39 is 30.0 Å². The van der Waals surface area contributed by atoms with E-state index in [0.717, 1.165) is 0 Å². The van der Waals surface area contributed by atoms with Gasteiger partial charge in [-0.05, 0) is 12.1 Å². The number of carbonyl (C=O) groups excluding carboxylic acids is 1. The van der Waals surface area contributed by atoms with Crippen molar-refractivity contribution in [3.8, 4) is 5.75 Å². The van der Waals surface area contributed by atoms with Crippen LogP contribution in [0.5, 0.6) is 5.75 Å². The van der Waals surface area contributed by atoms with Crippen LogP contribution in [0.25, 0.3) is 0 Å². The molecule has 1 unspecified atom stereocenters. The van der Waals surface area contributed by atoms with Crippen molar-refractivity contribution >= 4 is 17.8 Å². The molecule has 7 nitrogen and oxygen atoms in total. The average Bonchev–Trinajstić information content (AvgIpc) is 2.28. The smallest absolute Gasteiger partial charge is 0.370 e. The molecule has 0 aromatic heterocycles. The molecule has 0 saturated carbocycles. The fourth-order valence-electron chi connectivity index (χ4n) is 1.67. The fourth-order valence-corrected chi connectivity index (χ4v) is 1.67. The molecule has 2 rings (SSSR count). The zero-order chi connectivity index (χ0) is 13.3.